The van der Waals surface area contributed by atoms with Crippen molar-refractivity contribution in [1.82, 2.24) is 9.97 Å². The largest absolute Gasteiger partial charge is 0.496 e. The summed E-state index contributed by atoms with van der Waals surface area (Å²) in [5, 5.41) is 3.13. The second-order valence-electron chi connectivity index (χ2n) is 4.47. The van der Waals surface area contributed by atoms with Gasteiger partial charge in [-0.2, -0.15) is 0 Å². The van der Waals surface area contributed by atoms with Crippen molar-refractivity contribution in [2.45, 2.75) is 12.8 Å². The van der Waals surface area contributed by atoms with Crippen molar-refractivity contribution < 1.29 is 4.74 Å². The molecule has 0 bridgehead atoms. The van der Waals surface area contributed by atoms with Crippen molar-refractivity contribution >= 4 is 5.95 Å². The number of nitrogens with two attached hydrogens (primary N) is 1. The van der Waals surface area contributed by atoms with Gasteiger partial charge in [-0.25, -0.2) is 9.97 Å². The third-order valence-corrected chi connectivity index (χ3v) is 2.96. The highest BCUT2D eigenvalue weighted by atomic mass is 16.5. The summed E-state index contributed by atoms with van der Waals surface area (Å²) in [6, 6.07) is 7.97. The molecule has 2 aromatic rings. The molecule has 0 saturated heterocycles. The predicted octanol–water partition coefficient (Wildman–Crippen LogP) is 1.84. The predicted molar refractivity (Wildman–Crippen MR) is 80.0 cm³/mol. The first-order valence-corrected chi connectivity index (χ1v) is 6.70. The number of ether oxygens (including phenoxy) is 1. The van der Waals surface area contributed by atoms with Crippen LogP contribution < -0.4 is 15.8 Å². The fourth-order valence-electron chi connectivity index (χ4n) is 1.91. The van der Waals surface area contributed by atoms with Crippen molar-refractivity contribution in [3.8, 4) is 5.75 Å². The van der Waals surface area contributed by atoms with Crippen LogP contribution in [0.1, 0.15) is 17.5 Å². The maximum Gasteiger partial charge on any atom is 0.222 e. The first-order chi connectivity index (χ1) is 9.83. The van der Waals surface area contributed by atoms with E-state index in [0.29, 0.717) is 12.5 Å². The van der Waals surface area contributed by atoms with Gasteiger partial charge in [0.2, 0.25) is 5.95 Å². The average Bonchev–Trinajstić information content (AvgIpc) is 2.50. The van der Waals surface area contributed by atoms with E-state index >= 15 is 0 Å². The van der Waals surface area contributed by atoms with Crippen LogP contribution in [0, 0.1) is 0 Å². The Bertz CT molecular complexity index is 528. The lowest BCUT2D eigenvalue weighted by Gasteiger charge is -2.08. The zero-order chi connectivity index (χ0) is 14.2. The third-order valence-electron chi connectivity index (χ3n) is 2.96. The molecule has 2 rings (SSSR count). The minimum Gasteiger partial charge on any atom is -0.496 e. The molecular weight excluding hydrogens is 252 g/mol. The van der Waals surface area contributed by atoms with Crippen molar-refractivity contribution in [3.05, 3.63) is 47.8 Å². The summed E-state index contributed by atoms with van der Waals surface area (Å²) in [4.78, 5) is 8.60. The van der Waals surface area contributed by atoms with Crippen LogP contribution in [0.5, 0.6) is 5.75 Å². The van der Waals surface area contributed by atoms with Crippen LogP contribution in [0.25, 0.3) is 0 Å². The number of hydrogen-bond donors (Lipinski definition) is 2. The van der Waals surface area contributed by atoms with E-state index in [1.165, 1.54) is 0 Å². The molecule has 0 radical (unpaired) electrons. The van der Waals surface area contributed by atoms with Gasteiger partial charge in [-0.3, -0.25) is 0 Å². The van der Waals surface area contributed by atoms with Gasteiger partial charge in [0.15, 0.2) is 0 Å². The lowest BCUT2D eigenvalue weighted by molar-refractivity contribution is 0.410. The zero-order valence-corrected chi connectivity index (χ0v) is 11.7. The van der Waals surface area contributed by atoms with E-state index in [9.17, 15) is 0 Å². The molecule has 1 aromatic heterocycles. The van der Waals surface area contributed by atoms with Crippen LogP contribution in [0.15, 0.2) is 36.7 Å². The normalized spacial score (nSPS) is 10.3. The monoisotopic (exact) mass is 272 g/mol. The van der Waals surface area contributed by atoms with Crippen LogP contribution in [-0.2, 0) is 6.42 Å². The van der Waals surface area contributed by atoms with Crippen LogP contribution in [0.3, 0.4) is 0 Å². The minimum atomic E-state index is 0.641. The third kappa shape index (κ3) is 3.93. The molecule has 0 spiro atoms. The van der Waals surface area contributed by atoms with E-state index in [0.717, 1.165) is 36.3 Å². The summed E-state index contributed by atoms with van der Waals surface area (Å²) < 4.78 is 5.34. The molecule has 0 aliphatic heterocycles. The number of rotatable bonds is 7. The van der Waals surface area contributed by atoms with E-state index in [1.807, 2.05) is 36.7 Å². The lowest BCUT2D eigenvalue weighted by Crippen LogP contribution is -2.10. The molecule has 5 nitrogen and oxygen atoms in total. The topological polar surface area (TPSA) is 73.1 Å². The van der Waals surface area contributed by atoms with Gasteiger partial charge in [-0.15, -0.1) is 0 Å². The Morgan fingerprint density at radius 1 is 1.20 bits per heavy atom. The molecule has 0 amide bonds. The van der Waals surface area contributed by atoms with Crippen molar-refractivity contribution in [2.75, 3.05) is 25.5 Å². The first kappa shape index (κ1) is 14.3. The van der Waals surface area contributed by atoms with Gasteiger partial charge in [0.1, 0.15) is 5.75 Å². The second-order valence-corrected chi connectivity index (χ2v) is 4.47. The van der Waals surface area contributed by atoms with E-state index in [1.54, 1.807) is 7.11 Å². The van der Waals surface area contributed by atoms with Crippen molar-refractivity contribution in [3.63, 3.8) is 0 Å². The molecule has 1 aromatic carbocycles. The van der Waals surface area contributed by atoms with Gasteiger partial charge in [-0.1, -0.05) is 18.2 Å². The fourth-order valence-corrected chi connectivity index (χ4v) is 1.91. The standard InChI is InChI=1S/C15H20N4O/c1-20-14-6-3-2-5-13(14)9-12-10-18-15(19-11-12)17-8-4-7-16/h2-3,5-6,10-11H,4,7-9,16H2,1H3,(H,17,18,19). The SMILES string of the molecule is COc1ccccc1Cc1cnc(NCCCN)nc1. The number of para-hydroxylation sites is 1. The van der Waals surface area contributed by atoms with Gasteiger partial charge in [-0.05, 0) is 30.2 Å². The van der Waals surface area contributed by atoms with Crippen molar-refractivity contribution in [1.29, 1.82) is 0 Å². The smallest absolute Gasteiger partial charge is 0.222 e. The maximum atomic E-state index is 5.44. The molecule has 0 saturated carbocycles. The van der Waals surface area contributed by atoms with Gasteiger partial charge in [0.05, 0.1) is 7.11 Å². The summed E-state index contributed by atoms with van der Waals surface area (Å²) in [6.45, 7) is 1.46. The number of nitrogens with one attached hydrogen (secondary N) is 1. The zero-order valence-electron chi connectivity index (χ0n) is 11.7. The van der Waals surface area contributed by atoms with Gasteiger partial charge in [0.25, 0.3) is 0 Å². The van der Waals surface area contributed by atoms with Crippen molar-refractivity contribution in [2.24, 2.45) is 5.73 Å². The first-order valence-electron chi connectivity index (χ1n) is 6.70. The number of aromatic nitrogens is 2. The summed E-state index contributed by atoms with van der Waals surface area (Å²) in [5.41, 5.74) is 7.62. The Hall–Kier alpha value is -2.14. The molecule has 3 N–H and O–H groups in total. The Morgan fingerprint density at radius 2 is 1.95 bits per heavy atom. The van der Waals surface area contributed by atoms with Crippen LogP contribution in [0.4, 0.5) is 5.95 Å². The number of nitrogens with zero attached hydrogens (tertiary/aromatic N) is 2. The maximum absolute atomic E-state index is 5.44. The number of methoxy groups -OCH3 is 1. The van der Waals surface area contributed by atoms with Gasteiger partial charge >= 0.3 is 0 Å². The van der Waals surface area contributed by atoms with E-state index in [4.69, 9.17) is 10.5 Å². The number of anilines is 1. The Morgan fingerprint density at radius 3 is 2.65 bits per heavy atom. The highest BCUT2D eigenvalue weighted by molar-refractivity contribution is 5.37. The Kier molecular flexibility index (Phi) is 5.32. The molecule has 0 atom stereocenters. The quantitative estimate of drug-likeness (QED) is 0.752. The number of benzene rings is 1. The van der Waals surface area contributed by atoms with Crippen LogP contribution in [-0.4, -0.2) is 30.2 Å². The Balaban J connectivity index is 1.99. The summed E-state index contributed by atoms with van der Waals surface area (Å²) in [7, 11) is 1.68. The number of hydrogen-bond acceptors (Lipinski definition) is 5. The molecule has 106 valence electrons. The van der Waals surface area contributed by atoms with Gasteiger partial charge in [0, 0.05) is 25.4 Å². The molecular formula is C15H20N4O. The second kappa shape index (κ2) is 7.45. The molecule has 0 fully saturated rings. The summed E-state index contributed by atoms with van der Waals surface area (Å²) >= 11 is 0. The van der Waals surface area contributed by atoms with E-state index < -0.39 is 0 Å². The molecule has 0 unspecified atom stereocenters. The highest BCUT2D eigenvalue weighted by Crippen LogP contribution is 2.20. The van der Waals surface area contributed by atoms with Crippen LogP contribution >= 0.6 is 0 Å². The van der Waals surface area contributed by atoms with Gasteiger partial charge < -0.3 is 15.8 Å². The average molecular weight is 272 g/mol. The van der Waals surface area contributed by atoms with Crippen LogP contribution in [0.2, 0.25) is 0 Å². The minimum absolute atomic E-state index is 0.641. The fraction of sp³-hybridized carbons (Fsp3) is 0.333. The molecule has 0 aliphatic rings. The summed E-state index contributed by atoms with van der Waals surface area (Å²) in [6.07, 6.45) is 5.34. The molecule has 1 heterocycles. The Labute approximate surface area is 119 Å². The lowest BCUT2D eigenvalue weighted by atomic mass is 10.1. The summed E-state index contributed by atoms with van der Waals surface area (Å²) in [5.74, 6) is 1.53. The molecule has 20 heavy (non-hydrogen) atoms. The van der Waals surface area contributed by atoms with E-state index in [-0.39, 0.29) is 0 Å². The molecule has 0 aliphatic carbocycles. The van der Waals surface area contributed by atoms with E-state index in [2.05, 4.69) is 15.3 Å². The highest BCUT2D eigenvalue weighted by Gasteiger charge is 2.04. The molecule has 5 heteroatoms.